The lowest BCUT2D eigenvalue weighted by atomic mass is 10.2. The minimum Gasteiger partial charge on any atom is -0.378 e. The molecule has 0 bridgehead atoms. The van der Waals surface area contributed by atoms with Crippen molar-refractivity contribution in [1.29, 1.82) is 0 Å². The quantitative estimate of drug-likeness (QED) is 0.644. The van der Waals surface area contributed by atoms with Gasteiger partial charge in [-0.15, -0.1) is 0 Å². The van der Waals surface area contributed by atoms with E-state index in [1.165, 1.54) is 11.8 Å². The van der Waals surface area contributed by atoms with E-state index in [2.05, 4.69) is 23.8 Å². The van der Waals surface area contributed by atoms with Crippen LogP contribution in [0.4, 0.5) is 0 Å². The number of nitrogens with one attached hydrogen (secondary N) is 1. The normalized spacial score (nSPS) is 15.3. The molecule has 1 saturated heterocycles. The summed E-state index contributed by atoms with van der Waals surface area (Å²) in [5.41, 5.74) is 2.01. The first-order valence-corrected chi connectivity index (χ1v) is 9.52. The Hall–Kier alpha value is -1.80. The Balaban J connectivity index is 1.85. The summed E-state index contributed by atoms with van der Waals surface area (Å²) < 4.78 is 6.96. The largest absolute Gasteiger partial charge is 0.378 e. The van der Waals surface area contributed by atoms with Crippen LogP contribution in [0.5, 0.6) is 0 Å². The van der Waals surface area contributed by atoms with Gasteiger partial charge >= 0.3 is 0 Å². The smallest absolute Gasteiger partial charge is 0.278 e. The Kier molecular flexibility index (Phi) is 5.48. The second kappa shape index (κ2) is 7.61. The number of amides is 1. The number of morpholine rings is 1. The van der Waals surface area contributed by atoms with E-state index in [9.17, 15) is 9.59 Å². The lowest BCUT2D eigenvalue weighted by Crippen LogP contribution is -2.41. The first kappa shape index (κ1) is 18.0. The van der Waals surface area contributed by atoms with Gasteiger partial charge in [-0.3, -0.25) is 14.2 Å². The highest BCUT2D eigenvalue weighted by molar-refractivity contribution is 7.99. The van der Waals surface area contributed by atoms with Crippen LogP contribution >= 0.6 is 11.8 Å². The minimum absolute atomic E-state index is 0.0593. The molecule has 1 fully saturated rings. The molecule has 3 heterocycles. The van der Waals surface area contributed by atoms with Gasteiger partial charge in [0.1, 0.15) is 5.52 Å². The van der Waals surface area contributed by atoms with Gasteiger partial charge in [-0.25, -0.2) is 4.98 Å². The highest BCUT2D eigenvalue weighted by atomic mass is 32.2. The van der Waals surface area contributed by atoms with E-state index < -0.39 is 0 Å². The van der Waals surface area contributed by atoms with Crippen molar-refractivity contribution >= 4 is 28.7 Å². The van der Waals surface area contributed by atoms with Gasteiger partial charge in [-0.1, -0.05) is 25.6 Å². The zero-order valence-electron chi connectivity index (χ0n) is 14.9. The van der Waals surface area contributed by atoms with Crippen LogP contribution < -0.4 is 5.56 Å². The molecule has 8 heteroatoms. The number of H-pyrrole nitrogens is 1. The summed E-state index contributed by atoms with van der Waals surface area (Å²) in [5, 5.41) is 0.604. The topological polar surface area (TPSA) is 80.2 Å². The molecular formula is C17H24N4O3S. The van der Waals surface area contributed by atoms with E-state index in [1.54, 1.807) is 9.47 Å². The van der Waals surface area contributed by atoms with Crippen molar-refractivity contribution in [2.24, 2.45) is 5.92 Å². The van der Waals surface area contributed by atoms with Crippen LogP contribution in [0.2, 0.25) is 0 Å². The molecule has 25 heavy (non-hydrogen) atoms. The fourth-order valence-corrected chi connectivity index (χ4v) is 3.79. The van der Waals surface area contributed by atoms with E-state index in [4.69, 9.17) is 4.74 Å². The van der Waals surface area contributed by atoms with Gasteiger partial charge in [0.05, 0.1) is 24.5 Å². The van der Waals surface area contributed by atoms with Gasteiger partial charge in [0.2, 0.25) is 5.91 Å². The minimum atomic E-state index is -0.0758. The zero-order valence-corrected chi connectivity index (χ0v) is 15.7. The standard InChI is InChI=1S/C17H24N4O3S/c1-11(2)9-21-16(23)15-13(8-12(3)18-15)19-17(21)25-10-14(22)20-4-6-24-7-5-20/h8,11,18H,4-7,9-10H2,1-3H3. The molecule has 0 atom stereocenters. The summed E-state index contributed by atoms with van der Waals surface area (Å²) in [6.45, 7) is 9.02. The number of hydrogen-bond donors (Lipinski definition) is 1. The molecule has 7 nitrogen and oxygen atoms in total. The predicted molar refractivity (Wildman–Crippen MR) is 98.1 cm³/mol. The van der Waals surface area contributed by atoms with Crippen LogP contribution in [0.1, 0.15) is 19.5 Å². The van der Waals surface area contributed by atoms with E-state index in [0.29, 0.717) is 55.0 Å². The number of aryl methyl sites for hydroxylation is 1. The average molecular weight is 364 g/mol. The third kappa shape index (κ3) is 4.07. The third-order valence-corrected chi connectivity index (χ3v) is 5.03. The number of hydrogen-bond acceptors (Lipinski definition) is 5. The summed E-state index contributed by atoms with van der Waals surface area (Å²) >= 11 is 1.33. The zero-order chi connectivity index (χ0) is 18.0. The van der Waals surface area contributed by atoms with E-state index >= 15 is 0 Å². The van der Waals surface area contributed by atoms with Crippen molar-refractivity contribution < 1.29 is 9.53 Å². The number of fused-ring (bicyclic) bond motifs is 1. The van der Waals surface area contributed by atoms with Crippen LogP contribution in [0.3, 0.4) is 0 Å². The van der Waals surface area contributed by atoms with Crippen molar-refractivity contribution in [3.8, 4) is 0 Å². The lowest BCUT2D eigenvalue weighted by Gasteiger charge is -2.26. The lowest BCUT2D eigenvalue weighted by molar-refractivity contribution is -0.132. The molecule has 2 aromatic rings. The molecule has 2 aromatic heterocycles. The van der Waals surface area contributed by atoms with Crippen LogP contribution in [0.15, 0.2) is 16.0 Å². The fourth-order valence-electron chi connectivity index (χ4n) is 2.88. The van der Waals surface area contributed by atoms with Crippen molar-refractivity contribution in [3.05, 3.63) is 22.1 Å². The summed E-state index contributed by atoms with van der Waals surface area (Å²) in [7, 11) is 0. The van der Waals surface area contributed by atoms with Crippen LogP contribution in [0.25, 0.3) is 11.0 Å². The second-order valence-electron chi connectivity index (χ2n) is 6.70. The molecule has 0 aromatic carbocycles. The Labute approximate surface area is 150 Å². The number of ether oxygens (including phenoxy) is 1. The molecule has 1 aliphatic rings. The third-order valence-electron chi connectivity index (χ3n) is 4.07. The predicted octanol–water partition coefficient (Wildman–Crippen LogP) is 1.64. The first-order valence-electron chi connectivity index (χ1n) is 8.54. The molecule has 1 N–H and O–H groups in total. The molecule has 3 rings (SSSR count). The molecule has 0 radical (unpaired) electrons. The molecule has 0 saturated carbocycles. The Bertz CT molecular complexity index is 821. The molecule has 0 spiro atoms. The fraction of sp³-hybridized carbons (Fsp3) is 0.588. The van der Waals surface area contributed by atoms with Gasteiger partial charge in [0.25, 0.3) is 5.56 Å². The SMILES string of the molecule is Cc1cc2nc(SCC(=O)N3CCOCC3)n(CC(C)C)c(=O)c2[nH]1. The van der Waals surface area contributed by atoms with Crippen molar-refractivity contribution in [1.82, 2.24) is 19.4 Å². The maximum Gasteiger partial charge on any atom is 0.278 e. The number of aromatic nitrogens is 3. The number of carbonyl (C=O) groups excluding carboxylic acids is 1. The first-order chi connectivity index (χ1) is 12.0. The van der Waals surface area contributed by atoms with Gasteiger partial charge in [0, 0.05) is 25.3 Å². The monoisotopic (exact) mass is 364 g/mol. The number of rotatable bonds is 5. The van der Waals surface area contributed by atoms with Crippen molar-refractivity contribution in [2.75, 3.05) is 32.1 Å². The second-order valence-corrected chi connectivity index (χ2v) is 7.64. The number of aromatic amines is 1. The number of nitrogens with zero attached hydrogens (tertiary/aromatic N) is 3. The van der Waals surface area contributed by atoms with Gasteiger partial charge in [-0.05, 0) is 18.9 Å². The van der Waals surface area contributed by atoms with Gasteiger partial charge < -0.3 is 14.6 Å². The van der Waals surface area contributed by atoms with Gasteiger partial charge in [-0.2, -0.15) is 0 Å². The van der Waals surface area contributed by atoms with Gasteiger partial charge in [0.15, 0.2) is 5.16 Å². The summed E-state index contributed by atoms with van der Waals surface area (Å²) in [6, 6.07) is 1.87. The van der Waals surface area contributed by atoms with E-state index in [0.717, 1.165) is 5.69 Å². The Morgan fingerprint density at radius 1 is 1.40 bits per heavy atom. The highest BCUT2D eigenvalue weighted by Crippen LogP contribution is 2.20. The van der Waals surface area contributed by atoms with E-state index in [1.807, 2.05) is 13.0 Å². The number of thioether (sulfide) groups is 1. The molecule has 0 unspecified atom stereocenters. The maximum absolute atomic E-state index is 12.8. The molecule has 1 aliphatic heterocycles. The van der Waals surface area contributed by atoms with Crippen molar-refractivity contribution in [2.45, 2.75) is 32.5 Å². The molecule has 1 amide bonds. The molecule has 136 valence electrons. The van der Waals surface area contributed by atoms with Crippen LogP contribution in [-0.4, -0.2) is 57.4 Å². The van der Waals surface area contributed by atoms with E-state index in [-0.39, 0.29) is 17.2 Å². The Morgan fingerprint density at radius 3 is 2.80 bits per heavy atom. The Morgan fingerprint density at radius 2 is 2.12 bits per heavy atom. The number of carbonyl (C=O) groups is 1. The highest BCUT2D eigenvalue weighted by Gasteiger charge is 2.19. The molecule has 0 aliphatic carbocycles. The summed E-state index contributed by atoms with van der Waals surface area (Å²) in [4.78, 5) is 34.7. The van der Waals surface area contributed by atoms with Crippen LogP contribution in [0, 0.1) is 12.8 Å². The average Bonchev–Trinajstić information content (AvgIpc) is 2.96. The summed E-state index contributed by atoms with van der Waals surface area (Å²) in [5.74, 6) is 0.644. The van der Waals surface area contributed by atoms with Crippen LogP contribution in [-0.2, 0) is 16.1 Å². The maximum atomic E-state index is 12.8. The van der Waals surface area contributed by atoms with Crippen molar-refractivity contribution in [3.63, 3.8) is 0 Å². The summed E-state index contributed by atoms with van der Waals surface area (Å²) in [6.07, 6.45) is 0. The molecular weight excluding hydrogens is 340 g/mol.